The number of ketones is 1. The van der Waals surface area contributed by atoms with E-state index >= 15 is 0 Å². The van der Waals surface area contributed by atoms with Gasteiger partial charge in [-0.15, -0.1) is 11.3 Å². The Labute approximate surface area is 199 Å². The van der Waals surface area contributed by atoms with Crippen molar-refractivity contribution in [1.82, 2.24) is 4.98 Å². The molecule has 33 heavy (non-hydrogen) atoms. The predicted octanol–water partition coefficient (Wildman–Crippen LogP) is 6.57. The van der Waals surface area contributed by atoms with E-state index in [-0.39, 0.29) is 11.4 Å². The van der Waals surface area contributed by atoms with Crippen LogP contribution in [0.15, 0.2) is 71.3 Å². The second-order valence-electron chi connectivity index (χ2n) is 8.44. The summed E-state index contributed by atoms with van der Waals surface area (Å²) in [5, 5.41) is 13.2. The highest BCUT2D eigenvalue weighted by Gasteiger charge is 2.46. The summed E-state index contributed by atoms with van der Waals surface area (Å²) < 4.78 is 0.948. The molecule has 0 saturated heterocycles. The number of Topliss-reactive ketones (excluding diaryl/α,β-unsaturated/α-hetero) is 1. The number of benzene rings is 2. The average molecular weight is 475 g/mol. The van der Waals surface area contributed by atoms with Crippen molar-refractivity contribution in [1.29, 1.82) is 0 Å². The van der Waals surface area contributed by atoms with Crippen molar-refractivity contribution in [3.8, 4) is 0 Å². The molecule has 7 heteroatoms. The van der Waals surface area contributed by atoms with Crippen molar-refractivity contribution < 1.29 is 14.7 Å². The van der Waals surface area contributed by atoms with Gasteiger partial charge < -0.3 is 5.11 Å². The SMILES string of the molecule is Cc1ccc2nc(N3C(=O)C(O)=C(C(=O)c4cccs4)C3c3ccc(C(C)C)cc3)sc2c1. The Kier molecular flexibility index (Phi) is 5.38. The summed E-state index contributed by atoms with van der Waals surface area (Å²) in [6.45, 7) is 6.23. The molecule has 0 aliphatic carbocycles. The van der Waals surface area contributed by atoms with Crippen molar-refractivity contribution in [3.05, 3.63) is 92.9 Å². The molecule has 0 saturated carbocycles. The monoisotopic (exact) mass is 474 g/mol. The van der Waals surface area contributed by atoms with Gasteiger partial charge in [-0.1, -0.05) is 61.6 Å². The number of thiazole rings is 1. The Bertz CT molecular complexity index is 1400. The Morgan fingerprint density at radius 1 is 1.12 bits per heavy atom. The van der Waals surface area contributed by atoms with Gasteiger partial charge in [-0.25, -0.2) is 4.98 Å². The molecule has 0 fully saturated rings. The molecule has 1 aliphatic heterocycles. The van der Waals surface area contributed by atoms with E-state index in [4.69, 9.17) is 0 Å². The minimum Gasteiger partial charge on any atom is -0.503 e. The van der Waals surface area contributed by atoms with Crippen LogP contribution in [0.2, 0.25) is 0 Å². The summed E-state index contributed by atoms with van der Waals surface area (Å²) in [5.74, 6) is -1.11. The van der Waals surface area contributed by atoms with E-state index in [1.807, 2.05) is 54.8 Å². The predicted molar refractivity (Wildman–Crippen MR) is 133 cm³/mol. The second-order valence-corrected chi connectivity index (χ2v) is 10.4. The van der Waals surface area contributed by atoms with Gasteiger partial charge in [0.2, 0.25) is 5.78 Å². The number of anilines is 1. The maximum absolute atomic E-state index is 13.4. The summed E-state index contributed by atoms with van der Waals surface area (Å²) in [6.07, 6.45) is 0. The minimum atomic E-state index is -0.755. The highest BCUT2D eigenvalue weighted by molar-refractivity contribution is 7.22. The second kappa shape index (κ2) is 8.24. The van der Waals surface area contributed by atoms with Crippen molar-refractivity contribution in [2.24, 2.45) is 0 Å². The first kappa shape index (κ1) is 21.6. The summed E-state index contributed by atoms with van der Waals surface area (Å²) in [5.41, 5.74) is 3.88. The van der Waals surface area contributed by atoms with Crippen LogP contribution in [0.5, 0.6) is 0 Å². The summed E-state index contributed by atoms with van der Waals surface area (Å²) in [6, 6.07) is 16.5. The van der Waals surface area contributed by atoms with E-state index in [0.717, 1.165) is 26.9 Å². The van der Waals surface area contributed by atoms with Crippen molar-refractivity contribution in [3.63, 3.8) is 0 Å². The van der Waals surface area contributed by atoms with E-state index in [1.165, 1.54) is 27.6 Å². The van der Waals surface area contributed by atoms with Gasteiger partial charge in [-0.3, -0.25) is 14.5 Å². The molecule has 1 N–H and O–H groups in total. The normalized spacial score (nSPS) is 16.4. The largest absolute Gasteiger partial charge is 0.503 e. The molecule has 2 aromatic heterocycles. The lowest BCUT2D eigenvalue weighted by Crippen LogP contribution is -2.30. The number of nitrogens with zero attached hydrogens (tertiary/aromatic N) is 2. The molecule has 5 rings (SSSR count). The zero-order valence-corrected chi connectivity index (χ0v) is 20.0. The maximum Gasteiger partial charge on any atom is 0.296 e. The molecule has 1 amide bonds. The molecule has 1 atom stereocenters. The van der Waals surface area contributed by atoms with Crippen LogP contribution in [-0.2, 0) is 4.79 Å². The first-order valence-corrected chi connectivity index (χ1v) is 12.4. The Morgan fingerprint density at radius 3 is 2.55 bits per heavy atom. The molecule has 1 aliphatic rings. The summed E-state index contributed by atoms with van der Waals surface area (Å²) in [4.78, 5) is 33.4. The first-order valence-electron chi connectivity index (χ1n) is 10.7. The number of aliphatic hydroxyl groups excluding tert-OH is 1. The molecule has 2 aromatic carbocycles. The van der Waals surface area contributed by atoms with E-state index in [1.54, 1.807) is 12.1 Å². The smallest absolute Gasteiger partial charge is 0.296 e. The van der Waals surface area contributed by atoms with Crippen LogP contribution in [-0.4, -0.2) is 21.8 Å². The third kappa shape index (κ3) is 3.67. The molecule has 4 aromatic rings. The fourth-order valence-electron chi connectivity index (χ4n) is 4.08. The molecular weight excluding hydrogens is 452 g/mol. The van der Waals surface area contributed by atoms with Crippen LogP contribution in [0.25, 0.3) is 10.2 Å². The third-order valence-corrected chi connectivity index (χ3v) is 7.74. The zero-order chi connectivity index (χ0) is 23.3. The van der Waals surface area contributed by atoms with Gasteiger partial charge in [0.05, 0.1) is 26.7 Å². The number of fused-ring (bicyclic) bond motifs is 1. The molecule has 0 bridgehead atoms. The van der Waals surface area contributed by atoms with Crippen LogP contribution in [0, 0.1) is 6.92 Å². The zero-order valence-electron chi connectivity index (χ0n) is 18.4. The summed E-state index contributed by atoms with van der Waals surface area (Å²) >= 11 is 2.67. The fourth-order valence-corrected chi connectivity index (χ4v) is 5.84. The van der Waals surface area contributed by atoms with Gasteiger partial charge in [0.1, 0.15) is 0 Å². The molecule has 0 spiro atoms. The standard InChI is InChI=1S/C26H22N2O3S2/c1-14(2)16-7-9-17(10-8-16)22-21(23(29)19-5-4-12-32-19)24(30)25(31)28(22)26-27-18-11-6-15(3)13-20(18)33-26/h4-14,22,30H,1-3H3. The van der Waals surface area contributed by atoms with Gasteiger partial charge in [0, 0.05) is 0 Å². The lowest BCUT2D eigenvalue weighted by atomic mass is 9.93. The quantitative estimate of drug-likeness (QED) is 0.332. The van der Waals surface area contributed by atoms with Gasteiger partial charge in [0.25, 0.3) is 5.91 Å². The van der Waals surface area contributed by atoms with Crippen molar-refractivity contribution in [2.45, 2.75) is 32.7 Å². The summed E-state index contributed by atoms with van der Waals surface area (Å²) in [7, 11) is 0. The number of rotatable bonds is 5. The lowest BCUT2D eigenvalue weighted by molar-refractivity contribution is -0.117. The van der Waals surface area contributed by atoms with Crippen molar-refractivity contribution >= 4 is 49.7 Å². The third-order valence-electron chi connectivity index (χ3n) is 5.86. The van der Waals surface area contributed by atoms with Crippen LogP contribution in [0.3, 0.4) is 0 Å². The van der Waals surface area contributed by atoms with E-state index in [2.05, 4.69) is 18.8 Å². The molecule has 5 nitrogen and oxygen atoms in total. The Hall–Kier alpha value is -3.29. The number of amides is 1. The Morgan fingerprint density at radius 2 is 1.88 bits per heavy atom. The van der Waals surface area contributed by atoms with Gasteiger partial charge in [-0.05, 0) is 53.1 Å². The average Bonchev–Trinajstić information content (AvgIpc) is 3.52. The number of carbonyl (C=O) groups is 2. The minimum absolute atomic E-state index is 0.0928. The molecule has 1 unspecified atom stereocenters. The van der Waals surface area contributed by atoms with Crippen LogP contribution >= 0.6 is 22.7 Å². The van der Waals surface area contributed by atoms with E-state index in [0.29, 0.717) is 15.9 Å². The van der Waals surface area contributed by atoms with Gasteiger partial charge in [-0.2, -0.15) is 0 Å². The number of aliphatic hydroxyl groups is 1. The van der Waals surface area contributed by atoms with E-state index < -0.39 is 17.7 Å². The van der Waals surface area contributed by atoms with Crippen LogP contribution in [0.1, 0.15) is 52.2 Å². The molecular formula is C26H22N2O3S2. The fraction of sp³-hybridized carbons (Fsp3) is 0.192. The number of carbonyl (C=O) groups excluding carboxylic acids is 2. The maximum atomic E-state index is 13.4. The number of aromatic nitrogens is 1. The van der Waals surface area contributed by atoms with Gasteiger partial charge >= 0.3 is 0 Å². The highest BCUT2D eigenvalue weighted by atomic mass is 32.1. The number of thiophene rings is 1. The molecule has 0 radical (unpaired) electrons. The van der Waals surface area contributed by atoms with Crippen LogP contribution in [0.4, 0.5) is 5.13 Å². The lowest BCUT2D eigenvalue weighted by Gasteiger charge is -2.24. The topological polar surface area (TPSA) is 70.5 Å². The van der Waals surface area contributed by atoms with E-state index in [9.17, 15) is 14.7 Å². The van der Waals surface area contributed by atoms with Crippen molar-refractivity contribution in [2.75, 3.05) is 4.90 Å². The number of hydrogen-bond donors (Lipinski definition) is 1. The first-order chi connectivity index (χ1) is 15.8. The molecule has 166 valence electrons. The van der Waals surface area contributed by atoms with Gasteiger partial charge in [0.15, 0.2) is 10.9 Å². The Balaban J connectivity index is 1.67. The number of hydrogen-bond acceptors (Lipinski definition) is 6. The number of aryl methyl sites for hydroxylation is 1. The highest BCUT2D eigenvalue weighted by Crippen LogP contribution is 2.44. The van der Waals surface area contributed by atoms with Crippen LogP contribution < -0.4 is 4.90 Å². The molecule has 3 heterocycles.